The van der Waals surface area contributed by atoms with Crippen molar-refractivity contribution >= 4 is 5.97 Å². The van der Waals surface area contributed by atoms with Gasteiger partial charge in [-0.1, -0.05) is 13.8 Å². The van der Waals surface area contributed by atoms with E-state index < -0.39 is 5.41 Å². The van der Waals surface area contributed by atoms with E-state index in [2.05, 4.69) is 14.8 Å². The van der Waals surface area contributed by atoms with E-state index in [1.54, 1.807) is 0 Å². The monoisotopic (exact) mass is 251 g/mol. The highest BCUT2D eigenvalue weighted by Crippen LogP contribution is 2.34. The third-order valence-electron chi connectivity index (χ3n) is 3.91. The van der Waals surface area contributed by atoms with Crippen LogP contribution < -0.4 is 0 Å². The highest BCUT2D eigenvalue weighted by Gasteiger charge is 2.43. The lowest BCUT2D eigenvalue weighted by Gasteiger charge is -2.28. The van der Waals surface area contributed by atoms with E-state index >= 15 is 0 Å². The lowest BCUT2D eigenvalue weighted by atomic mass is 9.81. The molecule has 5 nitrogen and oxygen atoms in total. The smallest absolute Gasteiger partial charge is 0.319 e. The number of carbonyl (C=O) groups is 1. The first-order chi connectivity index (χ1) is 8.69. The first-order valence-electron chi connectivity index (χ1n) is 6.79. The predicted octanol–water partition coefficient (Wildman–Crippen LogP) is 1.85. The number of aromatic nitrogens is 3. The van der Waals surface area contributed by atoms with E-state index in [0.717, 1.165) is 31.0 Å². The topological polar surface area (TPSA) is 57.0 Å². The minimum absolute atomic E-state index is 0.169. The first kappa shape index (κ1) is 13.1. The Morgan fingerprint density at radius 2 is 2.06 bits per heavy atom. The average Bonchev–Trinajstić information content (AvgIpc) is 2.96. The molecule has 1 aromatic rings. The number of hydrogen-bond donors (Lipinski definition) is 0. The van der Waals surface area contributed by atoms with Gasteiger partial charge in [0.1, 0.15) is 11.2 Å². The van der Waals surface area contributed by atoms with Crippen LogP contribution in [0.1, 0.15) is 51.7 Å². The zero-order valence-electron chi connectivity index (χ0n) is 11.4. The molecule has 1 aliphatic rings. The molecule has 0 fully saturated rings. The van der Waals surface area contributed by atoms with Gasteiger partial charge in [-0.3, -0.25) is 4.79 Å². The van der Waals surface area contributed by atoms with Gasteiger partial charge in [0.25, 0.3) is 0 Å². The van der Waals surface area contributed by atoms with Crippen molar-refractivity contribution in [3.63, 3.8) is 0 Å². The van der Waals surface area contributed by atoms with E-state index in [0.29, 0.717) is 19.4 Å². The summed E-state index contributed by atoms with van der Waals surface area (Å²) in [5, 5.41) is 8.47. The maximum atomic E-state index is 12.3. The second kappa shape index (κ2) is 5.08. The van der Waals surface area contributed by atoms with Crippen LogP contribution in [0, 0.1) is 0 Å². The molecule has 0 atom stereocenters. The summed E-state index contributed by atoms with van der Waals surface area (Å²) in [6.07, 6.45) is 3.43. The van der Waals surface area contributed by atoms with Crippen LogP contribution >= 0.6 is 0 Å². The maximum Gasteiger partial charge on any atom is 0.319 e. The highest BCUT2D eigenvalue weighted by molar-refractivity contribution is 5.82. The Morgan fingerprint density at radius 3 is 2.67 bits per heavy atom. The number of ether oxygens (including phenoxy) is 1. The molecule has 0 saturated carbocycles. The van der Waals surface area contributed by atoms with Crippen LogP contribution in [0.2, 0.25) is 0 Å². The van der Waals surface area contributed by atoms with Crippen LogP contribution in [0.25, 0.3) is 0 Å². The zero-order valence-corrected chi connectivity index (χ0v) is 11.4. The zero-order chi connectivity index (χ0) is 13.2. The number of fused-ring (bicyclic) bond motifs is 1. The summed E-state index contributed by atoms with van der Waals surface area (Å²) in [4.78, 5) is 12.3. The molecule has 0 radical (unpaired) electrons. The SMILES string of the molecule is CCOC(=O)C(CC)(CC)c1nnc2n1CCC2. The Bertz CT molecular complexity index is 435. The molecule has 0 aliphatic carbocycles. The van der Waals surface area contributed by atoms with Crippen molar-refractivity contribution in [3.05, 3.63) is 11.6 Å². The lowest BCUT2D eigenvalue weighted by molar-refractivity contribution is -0.151. The second-order valence-electron chi connectivity index (χ2n) is 4.70. The van der Waals surface area contributed by atoms with Crippen LogP contribution in [0.15, 0.2) is 0 Å². The van der Waals surface area contributed by atoms with Gasteiger partial charge in [-0.2, -0.15) is 0 Å². The fraction of sp³-hybridized carbons (Fsp3) is 0.769. The number of rotatable bonds is 5. The van der Waals surface area contributed by atoms with Gasteiger partial charge in [0.2, 0.25) is 0 Å². The third-order valence-corrected chi connectivity index (χ3v) is 3.91. The molecule has 0 spiro atoms. The lowest BCUT2D eigenvalue weighted by Crippen LogP contribution is -2.39. The molecule has 1 aliphatic heterocycles. The summed E-state index contributed by atoms with van der Waals surface area (Å²) < 4.78 is 7.35. The Labute approximate surface area is 108 Å². The fourth-order valence-electron chi connectivity index (χ4n) is 2.72. The molecule has 0 amide bonds. The fourth-order valence-corrected chi connectivity index (χ4v) is 2.72. The summed E-state index contributed by atoms with van der Waals surface area (Å²) in [6, 6.07) is 0. The largest absolute Gasteiger partial charge is 0.465 e. The Hall–Kier alpha value is -1.39. The van der Waals surface area contributed by atoms with Crippen LogP contribution in [0.5, 0.6) is 0 Å². The van der Waals surface area contributed by atoms with Crippen molar-refractivity contribution in [2.24, 2.45) is 0 Å². The van der Waals surface area contributed by atoms with Gasteiger partial charge < -0.3 is 9.30 Å². The molecule has 0 bridgehead atoms. The van der Waals surface area contributed by atoms with Crippen LogP contribution in [0.4, 0.5) is 0 Å². The van der Waals surface area contributed by atoms with E-state index in [1.165, 1.54) is 0 Å². The Kier molecular flexibility index (Phi) is 3.68. The first-order valence-corrected chi connectivity index (χ1v) is 6.79. The van der Waals surface area contributed by atoms with Crippen LogP contribution in [-0.2, 0) is 27.9 Å². The molecule has 1 aromatic heterocycles. The summed E-state index contributed by atoms with van der Waals surface area (Å²) in [5.74, 6) is 1.62. The maximum absolute atomic E-state index is 12.3. The summed E-state index contributed by atoms with van der Waals surface area (Å²) >= 11 is 0. The minimum Gasteiger partial charge on any atom is -0.465 e. The van der Waals surface area contributed by atoms with Crippen molar-refractivity contribution in [2.75, 3.05) is 6.61 Å². The van der Waals surface area contributed by atoms with Gasteiger partial charge in [-0.05, 0) is 26.2 Å². The minimum atomic E-state index is -0.633. The van der Waals surface area contributed by atoms with Crippen LogP contribution in [0.3, 0.4) is 0 Å². The molecule has 100 valence electrons. The van der Waals surface area contributed by atoms with Crippen molar-refractivity contribution in [3.8, 4) is 0 Å². The highest BCUT2D eigenvalue weighted by atomic mass is 16.5. The number of esters is 1. The molecule has 2 heterocycles. The van der Waals surface area contributed by atoms with Crippen molar-refractivity contribution < 1.29 is 9.53 Å². The molecule has 0 unspecified atom stereocenters. The van der Waals surface area contributed by atoms with Gasteiger partial charge >= 0.3 is 5.97 Å². The number of aryl methyl sites for hydroxylation is 1. The normalized spacial score (nSPS) is 14.6. The van der Waals surface area contributed by atoms with Gasteiger partial charge in [0.15, 0.2) is 5.82 Å². The number of hydrogen-bond acceptors (Lipinski definition) is 4. The third kappa shape index (κ3) is 1.82. The molecule has 2 rings (SSSR count). The van der Waals surface area contributed by atoms with Gasteiger partial charge in [-0.15, -0.1) is 10.2 Å². The van der Waals surface area contributed by atoms with Crippen molar-refractivity contribution in [2.45, 2.75) is 58.4 Å². The quantitative estimate of drug-likeness (QED) is 0.749. The molecule has 0 saturated heterocycles. The molecule has 18 heavy (non-hydrogen) atoms. The van der Waals surface area contributed by atoms with Crippen molar-refractivity contribution in [1.82, 2.24) is 14.8 Å². The van der Waals surface area contributed by atoms with E-state index in [4.69, 9.17) is 4.74 Å². The van der Waals surface area contributed by atoms with Crippen molar-refractivity contribution in [1.29, 1.82) is 0 Å². The molecule has 0 aromatic carbocycles. The molecular formula is C13H21N3O2. The average molecular weight is 251 g/mol. The van der Waals surface area contributed by atoms with Crippen LogP contribution in [-0.4, -0.2) is 27.3 Å². The number of carbonyl (C=O) groups excluding carboxylic acids is 1. The Morgan fingerprint density at radius 1 is 1.33 bits per heavy atom. The molecule has 5 heteroatoms. The second-order valence-corrected chi connectivity index (χ2v) is 4.70. The summed E-state index contributed by atoms with van der Waals surface area (Å²) in [5.41, 5.74) is -0.633. The summed E-state index contributed by atoms with van der Waals surface area (Å²) in [7, 11) is 0. The van der Waals surface area contributed by atoms with E-state index in [1.807, 2.05) is 20.8 Å². The van der Waals surface area contributed by atoms with E-state index in [9.17, 15) is 4.79 Å². The molecular weight excluding hydrogens is 230 g/mol. The van der Waals surface area contributed by atoms with Gasteiger partial charge in [0.05, 0.1) is 6.61 Å². The van der Waals surface area contributed by atoms with Gasteiger partial charge in [0, 0.05) is 13.0 Å². The predicted molar refractivity (Wildman–Crippen MR) is 67.2 cm³/mol. The standard InChI is InChI=1S/C13H21N3O2/c1-4-13(5-2,12(17)18-6-3)11-15-14-10-8-7-9-16(10)11/h4-9H2,1-3H3. The summed E-state index contributed by atoms with van der Waals surface area (Å²) in [6.45, 7) is 7.18. The Balaban J connectivity index is 2.43. The van der Waals surface area contributed by atoms with E-state index in [-0.39, 0.29) is 5.97 Å². The number of nitrogens with zero attached hydrogens (tertiary/aromatic N) is 3. The molecule has 0 N–H and O–H groups in total. The van der Waals surface area contributed by atoms with Gasteiger partial charge in [-0.25, -0.2) is 0 Å².